The lowest BCUT2D eigenvalue weighted by molar-refractivity contribution is 0.0687. The van der Waals surface area contributed by atoms with Gasteiger partial charge in [-0.3, -0.25) is 0 Å². The second-order valence-corrected chi connectivity index (χ2v) is 3.96. The van der Waals surface area contributed by atoms with Crippen molar-refractivity contribution in [2.24, 2.45) is 0 Å². The Balaban J connectivity index is 2.85. The third-order valence-corrected chi connectivity index (χ3v) is 2.42. The van der Waals surface area contributed by atoms with Crippen molar-refractivity contribution in [1.29, 1.82) is 0 Å². The van der Waals surface area contributed by atoms with Crippen LogP contribution in [0.4, 0.5) is 0 Å². The molecule has 17 heavy (non-hydrogen) atoms. The van der Waals surface area contributed by atoms with Crippen molar-refractivity contribution < 1.29 is 19.4 Å². The Morgan fingerprint density at radius 1 is 1.35 bits per heavy atom. The number of halogens is 2. The maximum atomic E-state index is 11.0. The lowest BCUT2D eigenvalue weighted by Gasteiger charge is -2.11. The van der Waals surface area contributed by atoms with Gasteiger partial charge in [-0.1, -0.05) is 23.2 Å². The van der Waals surface area contributed by atoms with E-state index in [0.717, 1.165) is 0 Å². The van der Waals surface area contributed by atoms with Gasteiger partial charge in [0.05, 0.1) is 11.6 Å². The molecule has 1 aromatic rings. The van der Waals surface area contributed by atoms with E-state index in [9.17, 15) is 4.79 Å². The average molecular weight is 279 g/mol. The van der Waals surface area contributed by atoms with Gasteiger partial charge in [0.25, 0.3) is 0 Å². The molecule has 0 bridgehead atoms. The van der Waals surface area contributed by atoms with E-state index < -0.39 is 5.97 Å². The summed E-state index contributed by atoms with van der Waals surface area (Å²) >= 11 is 11.6. The van der Waals surface area contributed by atoms with Crippen LogP contribution in [0.1, 0.15) is 17.3 Å². The van der Waals surface area contributed by atoms with Crippen LogP contribution < -0.4 is 4.74 Å². The molecule has 0 saturated carbocycles. The van der Waals surface area contributed by atoms with E-state index in [-0.39, 0.29) is 28.0 Å². The Bertz CT molecular complexity index is 407. The van der Waals surface area contributed by atoms with Gasteiger partial charge in [-0.2, -0.15) is 0 Å². The van der Waals surface area contributed by atoms with Gasteiger partial charge in [-0.05, 0) is 19.1 Å². The van der Waals surface area contributed by atoms with Crippen molar-refractivity contribution >= 4 is 29.2 Å². The van der Waals surface area contributed by atoms with Crippen LogP contribution in [0, 0.1) is 0 Å². The van der Waals surface area contributed by atoms with Crippen LogP contribution in [0.5, 0.6) is 5.75 Å². The van der Waals surface area contributed by atoms with E-state index >= 15 is 0 Å². The van der Waals surface area contributed by atoms with Gasteiger partial charge in [0.15, 0.2) is 5.75 Å². The minimum atomic E-state index is -1.14. The molecule has 1 aromatic carbocycles. The van der Waals surface area contributed by atoms with E-state index in [2.05, 4.69) is 0 Å². The van der Waals surface area contributed by atoms with E-state index in [1.165, 1.54) is 12.1 Å². The van der Waals surface area contributed by atoms with Crippen LogP contribution in [0.3, 0.4) is 0 Å². The van der Waals surface area contributed by atoms with Gasteiger partial charge in [0, 0.05) is 11.6 Å². The highest BCUT2D eigenvalue weighted by atomic mass is 35.5. The molecule has 0 aliphatic rings. The van der Waals surface area contributed by atoms with Crippen molar-refractivity contribution in [3.63, 3.8) is 0 Å². The number of hydrogen-bond donors (Lipinski definition) is 1. The summed E-state index contributed by atoms with van der Waals surface area (Å²) in [5, 5.41) is 9.42. The Morgan fingerprint density at radius 2 is 2.06 bits per heavy atom. The normalized spacial score (nSPS) is 10.3. The van der Waals surface area contributed by atoms with Crippen LogP contribution >= 0.6 is 23.2 Å². The molecule has 0 saturated heterocycles. The third-order valence-electron chi connectivity index (χ3n) is 1.92. The quantitative estimate of drug-likeness (QED) is 0.813. The maximum absolute atomic E-state index is 11.0. The molecule has 0 unspecified atom stereocenters. The smallest absolute Gasteiger partial charge is 0.339 e. The van der Waals surface area contributed by atoms with Crippen LogP contribution in [-0.4, -0.2) is 30.9 Å². The lowest BCUT2D eigenvalue weighted by Crippen LogP contribution is -2.10. The van der Waals surface area contributed by atoms with Crippen LogP contribution in [0.25, 0.3) is 0 Å². The number of carboxylic acid groups (broad SMARTS) is 1. The fourth-order valence-electron chi connectivity index (χ4n) is 1.21. The summed E-state index contributed by atoms with van der Waals surface area (Å²) in [5.74, 6) is -1.02. The molecule has 0 amide bonds. The van der Waals surface area contributed by atoms with Crippen LogP contribution in [0.2, 0.25) is 10.0 Å². The molecule has 0 aliphatic carbocycles. The second kappa shape index (κ2) is 6.69. The number of ether oxygens (including phenoxy) is 2. The molecule has 94 valence electrons. The number of rotatable bonds is 6. The number of aromatic carboxylic acids is 1. The summed E-state index contributed by atoms with van der Waals surface area (Å²) in [6.07, 6.45) is 0. The number of hydrogen-bond acceptors (Lipinski definition) is 3. The Labute approximate surface area is 109 Å². The van der Waals surface area contributed by atoms with E-state index in [4.69, 9.17) is 37.8 Å². The summed E-state index contributed by atoms with van der Waals surface area (Å²) in [7, 11) is 0. The maximum Gasteiger partial charge on any atom is 0.339 e. The largest absolute Gasteiger partial charge is 0.489 e. The summed E-state index contributed by atoms with van der Waals surface area (Å²) in [5.41, 5.74) is -0.0565. The van der Waals surface area contributed by atoms with Crippen molar-refractivity contribution in [3.8, 4) is 5.75 Å². The molecule has 0 atom stereocenters. The zero-order valence-corrected chi connectivity index (χ0v) is 10.7. The molecule has 6 heteroatoms. The summed E-state index contributed by atoms with van der Waals surface area (Å²) < 4.78 is 10.4. The van der Waals surface area contributed by atoms with Gasteiger partial charge in [0.2, 0.25) is 0 Å². The third kappa shape index (κ3) is 4.07. The fourth-order valence-corrected chi connectivity index (χ4v) is 1.76. The molecule has 0 fully saturated rings. The summed E-state index contributed by atoms with van der Waals surface area (Å²) in [6.45, 7) is 3.03. The fraction of sp³-hybridized carbons (Fsp3) is 0.364. The zero-order chi connectivity index (χ0) is 12.8. The number of carbonyl (C=O) groups is 1. The van der Waals surface area contributed by atoms with Gasteiger partial charge in [-0.15, -0.1) is 0 Å². The first-order valence-electron chi connectivity index (χ1n) is 4.99. The predicted octanol–water partition coefficient (Wildman–Crippen LogP) is 3.11. The minimum Gasteiger partial charge on any atom is -0.489 e. The second-order valence-electron chi connectivity index (χ2n) is 3.11. The molecular formula is C11H12Cl2O4. The van der Waals surface area contributed by atoms with Gasteiger partial charge < -0.3 is 14.6 Å². The molecule has 0 aliphatic heterocycles. The number of carboxylic acids is 1. The topological polar surface area (TPSA) is 55.8 Å². The molecule has 1 rings (SSSR count). The average Bonchev–Trinajstić information content (AvgIpc) is 2.25. The molecule has 1 N–H and O–H groups in total. The molecular weight excluding hydrogens is 267 g/mol. The summed E-state index contributed by atoms with van der Waals surface area (Å²) in [6, 6.07) is 2.73. The van der Waals surface area contributed by atoms with E-state index in [1.54, 1.807) is 0 Å². The minimum absolute atomic E-state index is 0.0565. The highest BCUT2D eigenvalue weighted by Crippen LogP contribution is 2.32. The molecule has 0 aromatic heterocycles. The van der Waals surface area contributed by atoms with Crippen molar-refractivity contribution in [3.05, 3.63) is 27.7 Å². The van der Waals surface area contributed by atoms with E-state index in [0.29, 0.717) is 13.2 Å². The summed E-state index contributed by atoms with van der Waals surface area (Å²) in [4.78, 5) is 11.0. The van der Waals surface area contributed by atoms with Gasteiger partial charge in [0.1, 0.15) is 12.2 Å². The first-order valence-corrected chi connectivity index (χ1v) is 5.74. The zero-order valence-electron chi connectivity index (χ0n) is 9.20. The Morgan fingerprint density at radius 3 is 2.65 bits per heavy atom. The van der Waals surface area contributed by atoms with Crippen molar-refractivity contribution in [1.82, 2.24) is 0 Å². The van der Waals surface area contributed by atoms with Crippen molar-refractivity contribution in [2.45, 2.75) is 6.92 Å². The molecule has 4 nitrogen and oxygen atoms in total. The monoisotopic (exact) mass is 278 g/mol. The van der Waals surface area contributed by atoms with Gasteiger partial charge >= 0.3 is 5.97 Å². The lowest BCUT2D eigenvalue weighted by atomic mass is 10.2. The Kier molecular flexibility index (Phi) is 5.55. The van der Waals surface area contributed by atoms with Crippen molar-refractivity contribution in [2.75, 3.05) is 19.8 Å². The molecule has 0 heterocycles. The van der Waals surface area contributed by atoms with E-state index in [1.807, 2.05) is 6.92 Å². The van der Waals surface area contributed by atoms with Crippen LogP contribution in [-0.2, 0) is 4.74 Å². The number of benzene rings is 1. The SMILES string of the molecule is CCOCCOc1c(Cl)cc(Cl)cc1C(=O)O. The Hall–Kier alpha value is -0.970. The highest BCUT2D eigenvalue weighted by molar-refractivity contribution is 6.36. The molecule has 0 spiro atoms. The predicted molar refractivity (Wildman–Crippen MR) is 65.4 cm³/mol. The van der Waals surface area contributed by atoms with Crippen LogP contribution in [0.15, 0.2) is 12.1 Å². The van der Waals surface area contributed by atoms with Gasteiger partial charge in [-0.25, -0.2) is 4.79 Å². The first kappa shape index (κ1) is 14.1. The standard InChI is InChI=1S/C11H12Cl2O4/c1-2-16-3-4-17-10-8(11(14)15)5-7(12)6-9(10)13/h5-6H,2-4H2,1H3,(H,14,15). The first-order chi connectivity index (χ1) is 8.06. The highest BCUT2D eigenvalue weighted by Gasteiger charge is 2.16. The molecule has 0 radical (unpaired) electrons.